The first-order valence-corrected chi connectivity index (χ1v) is 16.9. The van der Waals surface area contributed by atoms with Gasteiger partial charge in [-0.2, -0.15) is 0 Å². The second-order valence-corrected chi connectivity index (χ2v) is 13.3. The van der Waals surface area contributed by atoms with Gasteiger partial charge in [0.05, 0.1) is 22.3 Å². The molecule has 5 aromatic carbocycles. The first-order chi connectivity index (χ1) is 23.7. The molecule has 1 aliphatic carbocycles. The molecule has 3 aromatic heterocycles. The summed E-state index contributed by atoms with van der Waals surface area (Å²) in [6.07, 6.45) is 13.9. The lowest BCUT2D eigenvalue weighted by molar-refractivity contribution is 1.09. The first-order valence-electron chi connectivity index (χ1n) is 16.1. The molecule has 226 valence electrons. The molecule has 0 bridgehead atoms. The summed E-state index contributed by atoms with van der Waals surface area (Å²) in [4.78, 5) is 1.25. The normalized spacial score (nSPS) is 16.2. The molecule has 0 unspecified atom stereocenters. The van der Waals surface area contributed by atoms with Crippen molar-refractivity contribution in [3.63, 3.8) is 0 Å². The fraction of sp³-hybridized carbons (Fsp3) is 0. The Morgan fingerprint density at radius 2 is 1.31 bits per heavy atom. The average molecular weight is 633 g/mol. The summed E-state index contributed by atoms with van der Waals surface area (Å²) in [6.45, 7) is 0. The van der Waals surface area contributed by atoms with Gasteiger partial charge >= 0.3 is 0 Å². The van der Waals surface area contributed by atoms with Gasteiger partial charge in [-0.05, 0) is 71.8 Å². The monoisotopic (exact) mass is 632 g/mol. The Balaban J connectivity index is 1.21. The molecule has 0 radical (unpaired) electrons. The van der Waals surface area contributed by atoms with E-state index in [0.717, 1.165) is 33.8 Å². The third kappa shape index (κ3) is 3.98. The predicted octanol–water partition coefficient (Wildman–Crippen LogP) is 11.0. The second kappa shape index (κ2) is 10.4. The minimum atomic E-state index is 0.510. The van der Waals surface area contributed by atoms with Gasteiger partial charge in [0.1, 0.15) is 4.83 Å². The Labute approximate surface area is 280 Å². The van der Waals surface area contributed by atoms with E-state index < -0.39 is 0 Å². The van der Waals surface area contributed by atoms with Crippen molar-refractivity contribution in [2.24, 2.45) is 0 Å². The van der Waals surface area contributed by atoms with Gasteiger partial charge < -0.3 is 19.9 Å². The quantitative estimate of drug-likeness (QED) is 0.200. The summed E-state index contributed by atoms with van der Waals surface area (Å²) in [5.74, 6) is 0. The van der Waals surface area contributed by atoms with Crippen LogP contribution in [0.1, 0.15) is 5.56 Å². The summed E-state index contributed by atoms with van der Waals surface area (Å²) < 4.78 is 6.15. The number of rotatable bonds is 3. The maximum absolute atomic E-state index is 8.32. The third-order valence-electron chi connectivity index (χ3n) is 9.56. The van der Waals surface area contributed by atoms with E-state index in [9.17, 15) is 0 Å². The van der Waals surface area contributed by atoms with Gasteiger partial charge in [-0.15, -0.1) is 11.3 Å². The zero-order valence-electron chi connectivity index (χ0n) is 25.8. The number of thiophene rings is 1. The zero-order valence-corrected chi connectivity index (χ0v) is 26.6. The summed E-state index contributed by atoms with van der Waals surface area (Å²) in [6, 6.07) is 41.9. The molecule has 0 amide bonds. The summed E-state index contributed by atoms with van der Waals surface area (Å²) in [5.41, 5.74) is 10.5. The molecule has 0 fully saturated rings. The van der Waals surface area contributed by atoms with Crippen LogP contribution in [-0.4, -0.2) is 14.8 Å². The number of nitrogens with zero attached hydrogens (tertiary/aromatic N) is 2. The van der Waals surface area contributed by atoms with E-state index in [1.165, 1.54) is 53.0 Å². The molecule has 4 heterocycles. The highest BCUT2D eigenvalue weighted by Crippen LogP contribution is 2.45. The van der Waals surface area contributed by atoms with E-state index in [1.807, 2.05) is 41.8 Å². The van der Waals surface area contributed by atoms with Gasteiger partial charge in [0, 0.05) is 60.5 Å². The van der Waals surface area contributed by atoms with Crippen molar-refractivity contribution < 1.29 is 0 Å². The fourth-order valence-corrected chi connectivity index (χ4v) is 8.63. The molecule has 0 saturated heterocycles. The number of aromatic nitrogens is 2. The summed E-state index contributed by atoms with van der Waals surface area (Å²) in [5, 5.41) is 18.1. The van der Waals surface area contributed by atoms with Gasteiger partial charge in [0.25, 0.3) is 0 Å². The van der Waals surface area contributed by atoms with Crippen molar-refractivity contribution in [1.82, 2.24) is 14.5 Å². The maximum atomic E-state index is 8.32. The Morgan fingerprint density at radius 1 is 0.562 bits per heavy atom. The Bertz CT molecular complexity index is 2810. The van der Waals surface area contributed by atoms with Crippen molar-refractivity contribution in [3.05, 3.63) is 175 Å². The lowest BCUT2D eigenvalue weighted by atomic mass is 9.99. The van der Waals surface area contributed by atoms with Crippen LogP contribution >= 0.6 is 11.3 Å². The van der Waals surface area contributed by atoms with E-state index in [1.54, 1.807) is 0 Å². The molecule has 1 aliphatic heterocycles. The molecule has 0 spiro atoms. The van der Waals surface area contributed by atoms with Crippen molar-refractivity contribution >= 4 is 75.6 Å². The molecular weight excluding hydrogens is 605 g/mol. The number of benzene rings is 5. The molecule has 0 saturated carbocycles. The van der Waals surface area contributed by atoms with Gasteiger partial charge in [-0.3, -0.25) is 0 Å². The van der Waals surface area contributed by atoms with Crippen LogP contribution in [0.15, 0.2) is 169 Å². The van der Waals surface area contributed by atoms with Crippen LogP contribution in [0.3, 0.4) is 0 Å². The Morgan fingerprint density at radius 3 is 2.17 bits per heavy atom. The van der Waals surface area contributed by atoms with E-state index >= 15 is 0 Å². The molecule has 0 atom stereocenters. The topological polar surface area (TPSA) is 45.7 Å². The van der Waals surface area contributed by atoms with Gasteiger partial charge in [0.2, 0.25) is 0 Å². The molecule has 5 heteroatoms. The number of fused-ring (bicyclic) bond motifs is 8. The highest BCUT2D eigenvalue weighted by atomic mass is 32.1. The van der Waals surface area contributed by atoms with Crippen LogP contribution in [0.25, 0.3) is 70.0 Å². The zero-order chi connectivity index (χ0) is 31.8. The Hall–Kier alpha value is -6.17. The van der Waals surface area contributed by atoms with Crippen molar-refractivity contribution in [3.8, 4) is 11.4 Å². The van der Waals surface area contributed by atoms with Gasteiger partial charge in [-0.1, -0.05) is 91.0 Å². The molecule has 10 rings (SSSR count). The van der Waals surface area contributed by atoms with Crippen molar-refractivity contribution in [2.45, 2.75) is 0 Å². The standard InChI is InChI=1S/C43H28N4S/c44-36-18-7-4-16-32(36)37-22-21-28(26-45-37)27-11-10-14-30(23-27)47-40-24-34-31-15-5-8-19-38(31)46(29-12-2-1-3-13-29)39(34)25-35(40)42-33-17-6-9-20-41(33)48-43(42)47/h1-26,44-45H/b37-32-,44-36?. The lowest BCUT2D eigenvalue weighted by Gasteiger charge is -2.17. The molecule has 2 N–H and O–H groups in total. The van der Waals surface area contributed by atoms with Crippen LogP contribution in [0.4, 0.5) is 0 Å². The second-order valence-electron chi connectivity index (χ2n) is 12.3. The first kappa shape index (κ1) is 27.0. The highest BCUT2D eigenvalue weighted by Gasteiger charge is 2.22. The van der Waals surface area contributed by atoms with E-state index in [2.05, 4.69) is 142 Å². The number of hydrogen-bond acceptors (Lipinski definition) is 3. The van der Waals surface area contributed by atoms with Gasteiger partial charge in [-0.25, -0.2) is 0 Å². The van der Waals surface area contributed by atoms with Gasteiger partial charge in [0.15, 0.2) is 0 Å². The predicted molar refractivity (Wildman–Crippen MR) is 204 cm³/mol. The lowest BCUT2D eigenvalue weighted by Crippen LogP contribution is -2.14. The Kier molecular flexibility index (Phi) is 5.86. The average Bonchev–Trinajstić information content (AvgIpc) is 3.78. The number of hydrogen-bond donors (Lipinski definition) is 2. The summed E-state index contributed by atoms with van der Waals surface area (Å²) >= 11 is 1.86. The number of para-hydroxylation sites is 2. The SMILES string of the molecule is N=C1C=CC=C/C1=C1\C=CC(c2cccc(-n3c4cc5c6ccccc6n(-c6ccccc6)c5cc4c4c5ccccc5sc43)c2)=CN1. The largest absolute Gasteiger partial charge is 0.361 e. The van der Waals surface area contributed by atoms with E-state index in [4.69, 9.17) is 5.41 Å². The molecule has 4 nitrogen and oxygen atoms in total. The minimum absolute atomic E-state index is 0.510. The van der Waals surface area contributed by atoms with Crippen molar-refractivity contribution in [1.29, 1.82) is 5.41 Å². The molecule has 48 heavy (non-hydrogen) atoms. The molecular formula is C43H28N4S. The maximum Gasteiger partial charge on any atom is 0.109 e. The van der Waals surface area contributed by atoms with Crippen molar-refractivity contribution in [2.75, 3.05) is 0 Å². The molecule has 2 aliphatic rings. The van der Waals surface area contributed by atoms with E-state index in [0.29, 0.717) is 5.71 Å². The van der Waals surface area contributed by atoms with Crippen LogP contribution in [0.2, 0.25) is 0 Å². The number of allylic oxidation sites excluding steroid dienone is 8. The highest BCUT2D eigenvalue weighted by molar-refractivity contribution is 7.25. The van der Waals surface area contributed by atoms with Crippen LogP contribution in [-0.2, 0) is 0 Å². The smallest absolute Gasteiger partial charge is 0.109 e. The number of nitrogens with one attached hydrogen (secondary N) is 2. The summed E-state index contributed by atoms with van der Waals surface area (Å²) in [7, 11) is 0. The van der Waals surface area contributed by atoms with Crippen LogP contribution in [0.5, 0.6) is 0 Å². The van der Waals surface area contributed by atoms with Crippen LogP contribution < -0.4 is 5.32 Å². The molecule has 8 aromatic rings. The van der Waals surface area contributed by atoms with Crippen LogP contribution in [0, 0.1) is 5.41 Å². The van der Waals surface area contributed by atoms with E-state index in [-0.39, 0.29) is 0 Å². The third-order valence-corrected chi connectivity index (χ3v) is 10.7. The minimum Gasteiger partial charge on any atom is -0.361 e. The number of dihydropyridines is 1. The fourth-order valence-electron chi connectivity index (χ4n) is 7.37.